The lowest BCUT2D eigenvalue weighted by molar-refractivity contribution is 0.375. The fourth-order valence-corrected chi connectivity index (χ4v) is 5.73. The SMILES string of the molecule is C/C=C/C1CCC(c2ccc(-c3ccc(C4CCC(/C=C/C)CC4)cc3)cc2)CC1.[HH]. The molecule has 2 aromatic carbocycles. The molecule has 0 heteroatoms. The number of benzene rings is 2. The lowest BCUT2D eigenvalue weighted by atomic mass is 9.78. The van der Waals surface area contributed by atoms with Crippen LogP contribution in [0.3, 0.4) is 0 Å². The molecule has 2 saturated carbocycles. The first-order valence-electron chi connectivity index (χ1n) is 12.2. The predicted molar refractivity (Wildman–Crippen MR) is 133 cm³/mol. The summed E-state index contributed by atoms with van der Waals surface area (Å²) in [6.07, 6.45) is 19.9. The smallest absolute Gasteiger partial charge is 0 e. The van der Waals surface area contributed by atoms with Crippen molar-refractivity contribution in [2.24, 2.45) is 11.8 Å². The van der Waals surface area contributed by atoms with Crippen molar-refractivity contribution in [2.75, 3.05) is 0 Å². The Kier molecular flexibility index (Phi) is 7.26. The minimum absolute atomic E-state index is 0. The van der Waals surface area contributed by atoms with E-state index in [9.17, 15) is 0 Å². The molecule has 0 bridgehead atoms. The minimum atomic E-state index is 0. The van der Waals surface area contributed by atoms with E-state index >= 15 is 0 Å². The van der Waals surface area contributed by atoms with Crippen LogP contribution in [-0.4, -0.2) is 0 Å². The molecule has 0 unspecified atom stereocenters. The van der Waals surface area contributed by atoms with Crippen molar-refractivity contribution in [3.63, 3.8) is 0 Å². The van der Waals surface area contributed by atoms with Gasteiger partial charge in [-0.3, -0.25) is 0 Å². The summed E-state index contributed by atoms with van der Waals surface area (Å²) >= 11 is 0. The Morgan fingerprint density at radius 1 is 0.533 bits per heavy atom. The summed E-state index contributed by atoms with van der Waals surface area (Å²) < 4.78 is 0. The Bertz CT molecular complexity index is 753. The zero-order valence-corrected chi connectivity index (χ0v) is 18.9. The minimum Gasteiger partial charge on any atom is -0.0914 e. The highest BCUT2D eigenvalue weighted by atomic mass is 14.3. The fourth-order valence-electron chi connectivity index (χ4n) is 5.73. The monoisotopic (exact) mass is 400 g/mol. The molecule has 30 heavy (non-hydrogen) atoms. The second-order valence-electron chi connectivity index (χ2n) is 9.52. The summed E-state index contributed by atoms with van der Waals surface area (Å²) in [5.41, 5.74) is 5.77. The van der Waals surface area contributed by atoms with Crippen LogP contribution in [0.2, 0.25) is 0 Å². The van der Waals surface area contributed by atoms with Gasteiger partial charge in [0, 0.05) is 1.43 Å². The van der Waals surface area contributed by atoms with Crippen molar-refractivity contribution in [2.45, 2.75) is 77.0 Å². The third kappa shape index (κ3) is 5.15. The van der Waals surface area contributed by atoms with Gasteiger partial charge in [-0.05, 0) is 111 Å². The van der Waals surface area contributed by atoms with Gasteiger partial charge in [-0.25, -0.2) is 0 Å². The Balaban J connectivity index is 0.00000272. The van der Waals surface area contributed by atoms with Gasteiger partial charge >= 0.3 is 0 Å². The highest BCUT2D eigenvalue weighted by Crippen LogP contribution is 2.38. The van der Waals surface area contributed by atoms with Crippen LogP contribution in [0.1, 0.15) is 89.6 Å². The van der Waals surface area contributed by atoms with E-state index in [4.69, 9.17) is 0 Å². The van der Waals surface area contributed by atoms with E-state index in [1.165, 1.54) is 73.6 Å². The summed E-state index contributed by atoms with van der Waals surface area (Å²) in [6.45, 7) is 4.29. The molecule has 2 aliphatic rings. The number of hydrogen-bond acceptors (Lipinski definition) is 0. The van der Waals surface area contributed by atoms with Crippen LogP contribution in [0.5, 0.6) is 0 Å². The normalized spacial score (nSPS) is 27.7. The van der Waals surface area contributed by atoms with Crippen molar-refractivity contribution < 1.29 is 1.43 Å². The zero-order valence-electron chi connectivity index (χ0n) is 18.9. The standard InChI is InChI=1S/C30H38.H2/c1-3-5-23-7-11-25(12-8-23)27-15-19-29(20-16-27)30-21-17-28(18-22-30)26-13-9-24(6-4-2)10-14-26;/h3-6,15-26H,7-14H2,1-2H3;1H/b5-3+,6-4+;. The van der Waals surface area contributed by atoms with E-state index in [1.54, 1.807) is 0 Å². The van der Waals surface area contributed by atoms with Gasteiger partial charge in [-0.2, -0.15) is 0 Å². The van der Waals surface area contributed by atoms with E-state index in [0.717, 1.165) is 23.7 Å². The van der Waals surface area contributed by atoms with Gasteiger partial charge < -0.3 is 0 Å². The maximum absolute atomic E-state index is 2.40. The van der Waals surface area contributed by atoms with Gasteiger partial charge in [0.1, 0.15) is 0 Å². The molecule has 0 amide bonds. The highest BCUT2D eigenvalue weighted by molar-refractivity contribution is 5.64. The number of allylic oxidation sites excluding steroid dienone is 4. The molecule has 0 heterocycles. The van der Waals surface area contributed by atoms with Crippen molar-refractivity contribution in [3.8, 4) is 11.1 Å². The molecule has 2 fully saturated rings. The van der Waals surface area contributed by atoms with Crippen LogP contribution in [0.25, 0.3) is 11.1 Å². The average molecular weight is 401 g/mol. The lowest BCUT2D eigenvalue weighted by Gasteiger charge is -2.27. The topological polar surface area (TPSA) is 0 Å². The molecule has 0 spiro atoms. The Morgan fingerprint density at radius 3 is 1.17 bits per heavy atom. The molecule has 4 rings (SSSR count). The lowest BCUT2D eigenvalue weighted by Crippen LogP contribution is -2.11. The Hall–Kier alpha value is -2.08. The first kappa shape index (κ1) is 21.2. The van der Waals surface area contributed by atoms with Crippen molar-refractivity contribution in [1.29, 1.82) is 0 Å². The molecule has 2 aromatic rings. The van der Waals surface area contributed by atoms with Gasteiger partial charge in [-0.1, -0.05) is 72.8 Å². The molecule has 160 valence electrons. The fraction of sp³-hybridized carbons (Fsp3) is 0.467. The summed E-state index contributed by atoms with van der Waals surface area (Å²) in [4.78, 5) is 0. The maximum Gasteiger partial charge on any atom is 0 e. The second kappa shape index (κ2) is 10.3. The van der Waals surface area contributed by atoms with Gasteiger partial charge in [0.15, 0.2) is 0 Å². The van der Waals surface area contributed by atoms with E-state index in [2.05, 4.69) is 86.7 Å². The number of rotatable bonds is 5. The van der Waals surface area contributed by atoms with E-state index in [-0.39, 0.29) is 1.43 Å². The average Bonchev–Trinajstić information content (AvgIpc) is 2.81. The Labute approximate surface area is 185 Å². The number of hydrogen-bond donors (Lipinski definition) is 0. The molecule has 0 radical (unpaired) electrons. The van der Waals surface area contributed by atoms with Crippen molar-refractivity contribution in [1.82, 2.24) is 0 Å². The first-order valence-corrected chi connectivity index (χ1v) is 12.2. The van der Waals surface area contributed by atoms with E-state index in [0.29, 0.717) is 0 Å². The van der Waals surface area contributed by atoms with Crippen LogP contribution >= 0.6 is 0 Å². The van der Waals surface area contributed by atoms with E-state index < -0.39 is 0 Å². The second-order valence-corrected chi connectivity index (χ2v) is 9.52. The summed E-state index contributed by atoms with van der Waals surface area (Å²) in [7, 11) is 0. The molecule has 0 N–H and O–H groups in total. The molecular formula is C30H40. The molecule has 0 nitrogen and oxygen atoms in total. The molecule has 0 aliphatic heterocycles. The third-order valence-corrected chi connectivity index (χ3v) is 7.57. The molecule has 0 saturated heterocycles. The summed E-state index contributed by atoms with van der Waals surface area (Å²) in [6, 6.07) is 18.9. The summed E-state index contributed by atoms with van der Waals surface area (Å²) in [5, 5.41) is 0. The molecule has 0 atom stereocenters. The molecule has 0 aromatic heterocycles. The largest absolute Gasteiger partial charge is 0.0914 e. The van der Waals surface area contributed by atoms with Crippen molar-refractivity contribution >= 4 is 0 Å². The highest BCUT2D eigenvalue weighted by Gasteiger charge is 2.22. The first-order chi connectivity index (χ1) is 14.8. The van der Waals surface area contributed by atoms with E-state index in [1.807, 2.05) is 0 Å². The zero-order chi connectivity index (χ0) is 20.8. The molecular weight excluding hydrogens is 360 g/mol. The molecule has 2 aliphatic carbocycles. The van der Waals surface area contributed by atoms with Crippen LogP contribution in [0.4, 0.5) is 0 Å². The van der Waals surface area contributed by atoms with Gasteiger partial charge in [0.25, 0.3) is 0 Å². The van der Waals surface area contributed by atoms with Gasteiger partial charge in [0.05, 0.1) is 0 Å². The predicted octanol–water partition coefficient (Wildman–Crippen LogP) is 9.30. The van der Waals surface area contributed by atoms with Crippen molar-refractivity contribution in [3.05, 3.63) is 84.0 Å². The van der Waals surface area contributed by atoms with Crippen LogP contribution in [0, 0.1) is 11.8 Å². The van der Waals surface area contributed by atoms with Crippen LogP contribution < -0.4 is 0 Å². The van der Waals surface area contributed by atoms with Gasteiger partial charge in [-0.15, -0.1) is 0 Å². The third-order valence-electron chi connectivity index (χ3n) is 7.57. The Morgan fingerprint density at radius 2 is 0.867 bits per heavy atom. The van der Waals surface area contributed by atoms with Gasteiger partial charge in [0.2, 0.25) is 0 Å². The van der Waals surface area contributed by atoms with Crippen LogP contribution in [0.15, 0.2) is 72.8 Å². The van der Waals surface area contributed by atoms with Crippen LogP contribution in [-0.2, 0) is 0 Å². The quantitative estimate of drug-likeness (QED) is 0.439. The summed E-state index contributed by atoms with van der Waals surface area (Å²) in [5.74, 6) is 3.12. The maximum atomic E-state index is 2.40.